The van der Waals surface area contributed by atoms with Crippen LogP contribution < -0.4 is 26.4 Å². The highest BCUT2D eigenvalue weighted by molar-refractivity contribution is 7.09. The molecule has 4 rings (SSSR count). The minimum absolute atomic E-state index is 0.107. The number of rotatable bonds is 9. The third-order valence-electron chi connectivity index (χ3n) is 5.80. The molecule has 0 aliphatic heterocycles. The van der Waals surface area contributed by atoms with Crippen LogP contribution in [0.25, 0.3) is 0 Å². The number of carbonyl (C=O) groups excluding carboxylic acids is 3. The average Bonchev–Trinajstić information content (AvgIpc) is 3.34. The smallest absolute Gasteiger partial charge is 0.273 e. The second-order valence-electron chi connectivity index (χ2n) is 8.29. The van der Waals surface area contributed by atoms with E-state index in [0.717, 1.165) is 16.5 Å². The molecular weight excluding hydrogens is 545 g/mol. The van der Waals surface area contributed by atoms with Crippen molar-refractivity contribution in [1.29, 1.82) is 0 Å². The first-order valence-corrected chi connectivity index (χ1v) is 12.7. The molecule has 39 heavy (non-hydrogen) atoms. The zero-order chi connectivity index (χ0) is 28.1. The highest BCUT2D eigenvalue weighted by Gasteiger charge is 2.36. The zero-order valence-electron chi connectivity index (χ0n) is 20.6. The number of nitrogens with one attached hydrogen (secondary N) is 1. The van der Waals surface area contributed by atoms with Gasteiger partial charge in [0.1, 0.15) is 22.5 Å². The van der Waals surface area contributed by atoms with Crippen LogP contribution in [-0.4, -0.2) is 29.2 Å². The lowest BCUT2D eigenvalue weighted by Crippen LogP contribution is -2.44. The van der Waals surface area contributed by atoms with Crippen molar-refractivity contribution < 1.29 is 23.5 Å². The number of halogens is 2. The Bertz CT molecular complexity index is 1510. The first-order chi connectivity index (χ1) is 18.7. The number of amides is 3. The summed E-state index contributed by atoms with van der Waals surface area (Å²) in [5.41, 5.74) is 12.3. The molecule has 0 aliphatic rings. The molecule has 1 heterocycles. The molecule has 0 saturated carbocycles. The third-order valence-corrected chi connectivity index (χ3v) is 6.94. The lowest BCUT2D eigenvalue weighted by atomic mass is 10.0. The Labute approximate surface area is 232 Å². The first kappa shape index (κ1) is 27.6. The molecule has 1 atom stereocenters. The van der Waals surface area contributed by atoms with Gasteiger partial charge < -0.3 is 21.5 Å². The predicted molar refractivity (Wildman–Crippen MR) is 147 cm³/mol. The van der Waals surface area contributed by atoms with Crippen LogP contribution in [0.2, 0.25) is 5.02 Å². The molecule has 9 nitrogen and oxygen atoms in total. The lowest BCUT2D eigenvalue weighted by molar-refractivity contribution is -0.122. The molecule has 0 spiro atoms. The van der Waals surface area contributed by atoms with Crippen LogP contribution in [-0.2, 0) is 11.3 Å². The van der Waals surface area contributed by atoms with E-state index in [2.05, 4.69) is 9.69 Å². The Kier molecular flexibility index (Phi) is 8.43. The summed E-state index contributed by atoms with van der Waals surface area (Å²) in [6, 6.07) is 18.1. The normalized spacial score (nSPS) is 11.5. The van der Waals surface area contributed by atoms with Gasteiger partial charge in [0, 0.05) is 12.2 Å². The van der Waals surface area contributed by atoms with E-state index in [1.807, 2.05) is 30.3 Å². The topological polar surface area (TPSA) is 141 Å². The molecule has 0 unspecified atom stereocenters. The van der Waals surface area contributed by atoms with Crippen molar-refractivity contribution >= 4 is 52.2 Å². The Balaban J connectivity index is 1.85. The molecule has 12 heteroatoms. The average molecular weight is 568 g/mol. The van der Waals surface area contributed by atoms with E-state index in [9.17, 15) is 18.8 Å². The standard InChI is InChI=1S/C27H23ClFN5O4S/c1-38-18-10-7-16(8-11-18)23(26(36)32-14-15-5-3-2-4-6-15)34(17-9-12-20(29)19(28)13-17)27(37)24-21(30)22(25(31)35)33-39-24/h2-13,23H,14,30H2,1H3,(H2,31,35)(H,32,36)/t23-/m1/s1. The number of nitrogen functional groups attached to an aromatic ring is 1. The van der Waals surface area contributed by atoms with E-state index in [1.54, 1.807) is 24.3 Å². The molecule has 0 radical (unpaired) electrons. The van der Waals surface area contributed by atoms with Crippen LogP contribution in [0, 0.1) is 5.82 Å². The van der Waals surface area contributed by atoms with Gasteiger partial charge in [0.15, 0.2) is 5.69 Å². The molecular formula is C27H23ClFN5O4S. The predicted octanol–water partition coefficient (Wildman–Crippen LogP) is 4.33. The highest BCUT2D eigenvalue weighted by atomic mass is 35.5. The Morgan fingerprint density at radius 1 is 1.10 bits per heavy atom. The summed E-state index contributed by atoms with van der Waals surface area (Å²) < 4.78 is 23.3. The van der Waals surface area contributed by atoms with Gasteiger partial charge in [-0.15, -0.1) is 0 Å². The Morgan fingerprint density at radius 3 is 2.38 bits per heavy atom. The van der Waals surface area contributed by atoms with Crippen molar-refractivity contribution in [2.75, 3.05) is 17.7 Å². The van der Waals surface area contributed by atoms with E-state index in [-0.39, 0.29) is 33.5 Å². The Morgan fingerprint density at radius 2 is 1.79 bits per heavy atom. The minimum Gasteiger partial charge on any atom is -0.497 e. The van der Waals surface area contributed by atoms with E-state index in [1.165, 1.54) is 19.2 Å². The fraction of sp³-hybridized carbons (Fsp3) is 0.111. The van der Waals surface area contributed by atoms with E-state index in [4.69, 9.17) is 27.8 Å². The fourth-order valence-corrected chi connectivity index (χ4v) is 4.76. The number of aromatic nitrogens is 1. The highest BCUT2D eigenvalue weighted by Crippen LogP contribution is 2.35. The minimum atomic E-state index is -1.27. The summed E-state index contributed by atoms with van der Waals surface area (Å²) in [6.45, 7) is 0.174. The van der Waals surface area contributed by atoms with Crippen LogP contribution in [0.4, 0.5) is 15.8 Å². The molecule has 3 amide bonds. The number of anilines is 2. The number of nitrogens with zero attached hydrogens (tertiary/aromatic N) is 2. The van der Waals surface area contributed by atoms with Crippen molar-refractivity contribution in [1.82, 2.24) is 9.69 Å². The van der Waals surface area contributed by atoms with E-state index < -0.39 is 29.6 Å². The number of primary amides is 1. The molecule has 3 aromatic carbocycles. The molecule has 4 aromatic rings. The van der Waals surface area contributed by atoms with Crippen molar-refractivity contribution in [2.24, 2.45) is 5.73 Å². The number of ether oxygens (including phenoxy) is 1. The summed E-state index contributed by atoms with van der Waals surface area (Å²) >= 11 is 6.73. The summed E-state index contributed by atoms with van der Waals surface area (Å²) in [5.74, 6) is -2.41. The van der Waals surface area contributed by atoms with Crippen LogP contribution in [0.3, 0.4) is 0 Å². The van der Waals surface area contributed by atoms with E-state index in [0.29, 0.717) is 22.8 Å². The van der Waals surface area contributed by atoms with Crippen molar-refractivity contribution in [3.8, 4) is 5.75 Å². The van der Waals surface area contributed by atoms with Crippen molar-refractivity contribution in [3.63, 3.8) is 0 Å². The Hall–Kier alpha value is -4.48. The number of nitrogens with two attached hydrogens (primary N) is 2. The summed E-state index contributed by atoms with van der Waals surface area (Å²) in [4.78, 5) is 40.6. The molecule has 5 N–H and O–H groups in total. The number of hydrogen-bond donors (Lipinski definition) is 3. The van der Waals surface area contributed by atoms with Gasteiger partial charge in [-0.1, -0.05) is 54.1 Å². The van der Waals surface area contributed by atoms with E-state index >= 15 is 0 Å². The maximum atomic E-state index is 14.1. The van der Waals surface area contributed by atoms with Gasteiger partial charge in [-0.05, 0) is 53.0 Å². The number of benzene rings is 3. The SMILES string of the molecule is COc1ccc([C@H](C(=O)NCc2ccccc2)N(C(=O)c2snc(C(N)=O)c2N)c2ccc(F)c(Cl)c2)cc1. The number of methoxy groups -OCH3 is 1. The maximum absolute atomic E-state index is 14.1. The monoisotopic (exact) mass is 567 g/mol. The number of carbonyl (C=O) groups is 3. The first-order valence-electron chi connectivity index (χ1n) is 11.5. The zero-order valence-corrected chi connectivity index (χ0v) is 22.1. The molecule has 0 aliphatic carbocycles. The summed E-state index contributed by atoms with van der Waals surface area (Å²) in [5, 5.41) is 2.59. The van der Waals surface area contributed by atoms with Gasteiger partial charge in [-0.25, -0.2) is 4.39 Å². The van der Waals surface area contributed by atoms with Gasteiger partial charge in [-0.3, -0.25) is 19.3 Å². The molecule has 0 saturated heterocycles. The molecule has 1 aromatic heterocycles. The molecule has 200 valence electrons. The van der Waals surface area contributed by atoms with Gasteiger partial charge in [-0.2, -0.15) is 4.37 Å². The van der Waals surface area contributed by atoms with Gasteiger partial charge in [0.25, 0.3) is 11.8 Å². The second kappa shape index (κ2) is 11.9. The van der Waals surface area contributed by atoms with Crippen molar-refractivity contribution in [3.05, 3.63) is 105 Å². The van der Waals surface area contributed by atoms with Crippen LogP contribution in [0.5, 0.6) is 5.75 Å². The van der Waals surface area contributed by atoms with Crippen LogP contribution in [0.1, 0.15) is 37.3 Å². The number of hydrogen-bond acceptors (Lipinski definition) is 7. The van der Waals surface area contributed by atoms with Crippen LogP contribution in [0.15, 0.2) is 72.8 Å². The maximum Gasteiger partial charge on any atom is 0.273 e. The second-order valence-corrected chi connectivity index (χ2v) is 9.47. The lowest BCUT2D eigenvalue weighted by Gasteiger charge is -2.31. The fourth-order valence-electron chi connectivity index (χ4n) is 3.84. The largest absolute Gasteiger partial charge is 0.497 e. The molecule has 0 fully saturated rings. The molecule has 0 bridgehead atoms. The quantitative estimate of drug-likeness (QED) is 0.275. The summed E-state index contributed by atoms with van der Waals surface area (Å²) in [6.07, 6.45) is 0. The van der Waals surface area contributed by atoms with Crippen LogP contribution >= 0.6 is 23.1 Å². The third kappa shape index (κ3) is 6.00. The van der Waals surface area contributed by atoms with Gasteiger partial charge >= 0.3 is 0 Å². The summed E-state index contributed by atoms with van der Waals surface area (Å²) in [7, 11) is 1.50. The van der Waals surface area contributed by atoms with Crippen molar-refractivity contribution in [2.45, 2.75) is 12.6 Å². The van der Waals surface area contributed by atoms with Gasteiger partial charge in [0.2, 0.25) is 5.91 Å². The van der Waals surface area contributed by atoms with Gasteiger partial charge in [0.05, 0.1) is 17.8 Å².